The summed E-state index contributed by atoms with van der Waals surface area (Å²) in [5.41, 5.74) is 2.21. The molecule has 29 heavy (non-hydrogen) atoms. The maximum absolute atomic E-state index is 14.6. The molecule has 0 unspecified atom stereocenters. The van der Waals surface area contributed by atoms with E-state index in [1.54, 1.807) is 18.2 Å². The zero-order valence-electron chi connectivity index (χ0n) is 15.8. The van der Waals surface area contributed by atoms with Crippen molar-refractivity contribution in [3.63, 3.8) is 0 Å². The highest BCUT2D eigenvalue weighted by molar-refractivity contribution is 8.03. The van der Waals surface area contributed by atoms with Crippen LogP contribution in [0, 0.1) is 18.2 Å². The van der Waals surface area contributed by atoms with Crippen molar-refractivity contribution in [3.8, 4) is 12.3 Å². The molecule has 0 spiro atoms. The molecule has 6 heteroatoms. The Hall–Kier alpha value is -3.14. The molecule has 0 bridgehead atoms. The molecule has 2 N–H and O–H groups in total. The van der Waals surface area contributed by atoms with Crippen LogP contribution in [-0.4, -0.2) is 29.9 Å². The van der Waals surface area contributed by atoms with Crippen LogP contribution in [0.4, 0.5) is 4.39 Å². The predicted molar refractivity (Wildman–Crippen MR) is 114 cm³/mol. The van der Waals surface area contributed by atoms with Gasteiger partial charge in [-0.3, -0.25) is 4.79 Å². The van der Waals surface area contributed by atoms with Gasteiger partial charge in [-0.05, 0) is 31.2 Å². The van der Waals surface area contributed by atoms with E-state index in [1.165, 1.54) is 23.9 Å². The zero-order valence-corrected chi connectivity index (χ0v) is 16.6. The lowest BCUT2D eigenvalue weighted by Gasteiger charge is -2.10. The summed E-state index contributed by atoms with van der Waals surface area (Å²) in [5, 5.41) is 11.4. The molecule has 2 aromatic carbocycles. The molecule has 2 aromatic rings. The van der Waals surface area contributed by atoms with E-state index >= 15 is 0 Å². The number of halogens is 1. The molecule has 0 aliphatic carbocycles. The van der Waals surface area contributed by atoms with Crippen LogP contribution in [0.25, 0.3) is 0 Å². The number of allylic oxidation sites excluding steroid dienone is 2. The van der Waals surface area contributed by atoms with E-state index in [1.807, 2.05) is 31.2 Å². The number of amides is 1. The van der Waals surface area contributed by atoms with Crippen molar-refractivity contribution in [1.29, 1.82) is 0 Å². The highest BCUT2D eigenvalue weighted by Crippen LogP contribution is 2.37. The van der Waals surface area contributed by atoms with Crippen molar-refractivity contribution < 1.29 is 14.3 Å². The minimum Gasteiger partial charge on any atom is -0.395 e. The highest BCUT2D eigenvalue weighted by atomic mass is 32.2. The molecular weight excluding hydrogens is 387 g/mol. The predicted octanol–water partition coefficient (Wildman–Crippen LogP) is 3.67. The Morgan fingerprint density at radius 1 is 1.24 bits per heavy atom. The molecule has 0 atom stereocenters. The van der Waals surface area contributed by atoms with Crippen LogP contribution in [0.2, 0.25) is 0 Å². The van der Waals surface area contributed by atoms with E-state index in [4.69, 9.17) is 16.5 Å². The van der Waals surface area contributed by atoms with Gasteiger partial charge >= 0.3 is 0 Å². The maximum Gasteiger partial charge on any atom is 0.259 e. The molecule has 146 valence electrons. The summed E-state index contributed by atoms with van der Waals surface area (Å²) >= 11 is 1.48. The summed E-state index contributed by atoms with van der Waals surface area (Å²) in [6.45, 7) is 1.78. The first-order valence-electron chi connectivity index (χ1n) is 8.94. The summed E-state index contributed by atoms with van der Waals surface area (Å²) in [5.74, 6) is 1.51. The zero-order chi connectivity index (χ0) is 20.8. The molecule has 0 fully saturated rings. The number of hydrogen-bond acceptors (Lipinski definition) is 4. The normalized spacial score (nSPS) is 13.9. The van der Waals surface area contributed by atoms with Crippen molar-refractivity contribution in [2.75, 3.05) is 13.2 Å². The number of aliphatic imine (C=N–C) groups is 1. The van der Waals surface area contributed by atoms with Gasteiger partial charge in [0.05, 0.1) is 23.6 Å². The largest absolute Gasteiger partial charge is 0.395 e. The van der Waals surface area contributed by atoms with E-state index in [-0.39, 0.29) is 24.5 Å². The van der Waals surface area contributed by atoms with Gasteiger partial charge in [-0.2, -0.15) is 0 Å². The molecule has 1 heterocycles. The van der Waals surface area contributed by atoms with Gasteiger partial charge in [-0.15, -0.1) is 6.42 Å². The van der Waals surface area contributed by atoms with Gasteiger partial charge in [0.25, 0.3) is 5.91 Å². The van der Waals surface area contributed by atoms with Gasteiger partial charge in [-0.1, -0.05) is 48.0 Å². The van der Waals surface area contributed by atoms with Gasteiger partial charge in [0.1, 0.15) is 5.82 Å². The number of carbonyl (C=O) groups excluding carboxylic acids is 1. The first kappa shape index (κ1) is 20.6. The van der Waals surface area contributed by atoms with E-state index in [2.05, 4.69) is 11.2 Å². The molecule has 3 rings (SSSR count). The van der Waals surface area contributed by atoms with Crippen LogP contribution in [0.1, 0.15) is 18.1 Å². The van der Waals surface area contributed by atoms with Crippen LogP contribution in [-0.2, 0) is 4.79 Å². The number of carbonyl (C=O) groups is 1. The number of rotatable bonds is 5. The third-order valence-electron chi connectivity index (χ3n) is 4.21. The number of thioether (sulfide) groups is 1. The number of benzene rings is 2. The lowest BCUT2D eigenvalue weighted by Crippen LogP contribution is -2.27. The van der Waals surface area contributed by atoms with Crippen LogP contribution >= 0.6 is 11.8 Å². The average molecular weight is 406 g/mol. The maximum atomic E-state index is 14.6. The molecule has 1 aliphatic heterocycles. The van der Waals surface area contributed by atoms with Crippen LogP contribution in [0.5, 0.6) is 0 Å². The van der Waals surface area contributed by atoms with Crippen LogP contribution in [0.15, 0.2) is 80.7 Å². The number of terminal acetylenes is 1. The summed E-state index contributed by atoms with van der Waals surface area (Å²) in [6.07, 6.45) is 7.04. The number of fused-ring (bicyclic) bond motifs is 1. The first-order valence-corrected chi connectivity index (χ1v) is 9.76. The van der Waals surface area contributed by atoms with E-state index in [0.29, 0.717) is 17.0 Å². The van der Waals surface area contributed by atoms with Gasteiger partial charge < -0.3 is 10.4 Å². The first-order chi connectivity index (χ1) is 14.0. The Morgan fingerprint density at radius 3 is 2.62 bits per heavy atom. The number of nitrogens with one attached hydrogen (secondary N) is 1. The van der Waals surface area contributed by atoms with E-state index in [0.717, 1.165) is 15.4 Å². The summed E-state index contributed by atoms with van der Waals surface area (Å²) < 4.78 is 14.6. The number of aliphatic hydroxyl groups excluding tert-OH is 1. The van der Waals surface area contributed by atoms with Gasteiger partial charge in [0.15, 0.2) is 0 Å². The van der Waals surface area contributed by atoms with Crippen molar-refractivity contribution >= 4 is 23.4 Å². The third-order valence-corrected chi connectivity index (χ3v) is 5.30. The number of aliphatic hydroxyl groups is 1. The van der Waals surface area contributed by atoms with E-state index < -0.39 is 5.91 Å². The monoisotopic (exact) mass is 406 g/mol. The number of nitrogens with zero attached hydrogens (tertiary/aromatic N) is 1. The fraction of sp³-hybridized carbons (Fsp3) is 0.130. The minimum absolute atomic E-state index is 0.0796. The molecule has 1 amide bonds. The lowest BCUT2D eigenvalue weighted by atomic mass is 10.0. The standard InChI is InChI=1S/C23H19FN2O2S/c1-3-16(23(28)25-12-13-27)14-20-15(2)29-21-11-7-5-9-18(21)22(26-20)17-8-4-6-10-19(17)24/h1,4-11,14,27H,12-13H2,2H3,(H,25,28)/b16-14+. The van der Waals surface area contributed by atoms with Gasteiger partial charge in [-0.25, -0.2) is 9.38 Å². The van der Waals surface area contributed by atoms with E-state index in [9.17, 15) is 9.18 Å². The topological polar surface area (TPSA) is 61.7 Å². The van der Waals surface area contributed by atoms with Crippen molar-refractivity contribution in [1.82, 2.24) is 5.32 Å². The Labute approximate surface area is 173 Å². The third kappa shape index (κ3) is 4.65. The average Bonchev–Trinajstić information content (AvgIpc) is 2.86. The van der Waals surface area contributed by atoms with Crippen molar-refractivity contribution in [2.45, 2.75) is 11.8 Å². The Morgan fingerprint density at radius 2 is 1.93 bits per heavy atom. The van der Waals surface area contributed by atoms with Gasteiger partial charge in [0, 0.05) is 27.5 Å². The lowest BCUT2D eigenvalue weighted by molar-refractivity contribution is -0.117. The molecule has 4 nitrogen and oxygen atoms in total. The quantitative estimate of drug-likeness (QED) is 0.588. The Bertz CT molecular complexity index is 1080. The Kier molecular flexibility index (Phi) is 6.65. The smallest absolute Gasteiger partial charge is 0.259 e. The van der Waals surface area contributed by atoms with Gasteiger partial charge in [0.2, 0.25) is 0 Å². The molecule has 1 aliphatic rings. The molecule has 0 aromatic heterocycles. The second-order valence-electron chi connectivity index (χ2n) is 6.16. The number of hydrogen-bond donors (Lipinski definition) is 2. The second-order valence-corrected chi connectivity index (χ2v) is 7.42. The molecular formula is C23H19FN2O2S. The fourth-order valence-corrected chi connectivity index (χ4v) is 3.75. The summed E-state index contributed by atoms with van der Waals surface area (Å²) in [7, 11) is 0. The van der Waals surface area contributed by atoms with Crippen molar-refractivity contribution in [2.24, 2.45) is 4.99 Å². The summed E-state index contributed by atoms with van der Waals surface area (Å²) in [6, 6.07) is 14.1. The van der Waals surface area contributed by atoms with Crippen molar-refractivity contribution in [3.05, 3.63) is 87.7 Å². The summed E-state index contributed by atoms with van der Waals surface area (Å²) in [4.78, 5) is 18.7. The molecule has 0 radical (unpaired) electrons. The van der Waals surface area contributed by atoms with Crippen LogP contribution in [0.3, 0.4) is 0 Å². The minimum atomic E-state index is -0.476. The Balaban J connectivity index is 2.16. The van der Waals surface area contributed by atoms with Crippen LogP contribution < -0.4 is 5.32 Å². The second kappa shape index (κ2) is 9.37. The fourth-order valence-electron chi connectivity index (χ4n) is 2.79. The highest BCUT2D eigenvalue weighted by Gasteiger charge is 2.20. The SMILES string of the molecule is C#C/C(=C\C1=C(C)Sc2ccccc2C(c2ccccc2F)=N1)C(=O)NCCO. The molecule has 0 saturated carbocycles. The molecule has 0 saturated heterocycles.